The van der Waals surface area contributed by atoms with Gasteiger partial charge in [0.05, 0.1) is 20.3 Å². The number of ether oxygens (including phenoxy) is 1. The van der Waals surface area contributed by atoms with Gasteiger partial charge in [-0.15, -0.1) is 0 Å². The van der Waals surface area contributed by atoms with Gasteiger partial charge in [0.2, 0.25) is 5.76 Å². The van der Waals surface area contributed by atoms with Crippen LogP contribution < -0.4 is 0 Å². The lowest BCUT2D eigenvalue weighted by Gasteiger charge is -2.38. The average Bonchev–Trinajstić information content (AvgIpc) is 2.87. The van der Waals surface area contributed by atoms with Crippen LogP contribution in [0.25, 0.3) is 0 Å². The topological polar surface area (TPSA) is 62.9 Å². The predicted molar refractivity (Wildman–Crippen MR) is 69.7 cm³/mol. The third kappa shape index (κ3) is 3.16. The van der Waals surface area contributed by atoms with Gasteiger partial charge in [0, 0.05) is 6.04 Å². The first-order chi connectivity index (χ1) is 9.15. The molecule has 5 heteroatoms. The molecular formula is C14H21NO4. The maximum Gasteiger partial charge on any atom is 0.373 e. The zero-order valence-electron chi connectivity index (χ0n) is 11.5. The Morgan fingerprint density at radius 2 is 2.37 bits per heavy atom. The molecule has 106 valence electrons. The summed E-state index contributed by atoms with van der Waals surface area (Å²) in [7, 11) is 1.33. The molecule has 1 fully saturated rings. The van der Waals surface area contributed by atoms with Crippen molar-refractivity contribution in [2.24, 2.45) is 5.92 Å². The van der Waals surface area contributed by atoms with Crippen molar-refractivity contribution in [2.45, 2.75) is 32.4 Å². The number of carbonyl (C=O) groups is 1. The summed E-state index contributed by atoms with van der Waals surface area (Å²) in [5.41, 5.74) is 0. The second-order valence-electron chi connectivity index (χ2n) is 5.10. The number of likely N-dealkylation sites (tertiary alicyclic amines) is 1. The Morgan fingerprint density at radius 1 is 1.58 bits per heavy atom. The van der Waals surface area contributed by atoms with E-state index in [-0.39, 0.29) is 18.4 Å². The van der Waals surface area contributed by atoms with Crippen LogP contribution in [0.1, 0.15) is 36.1 Å². The molecule has 0 bridgehead atoms. The molecule has 2 rings (SSSR count). The molecule has 0 aliphatic carbocycles. The minimum Gasteiger partial charge on any atom is -0.463 e. The normalized spacial score (nSPS) is 24.4. The summed E-state index contributed by atoms with van der Waals surface area (Å²) < 4.78 is 10.1. The summed E-state index contributed by atoms with van der Waals surface area (Å²) in [5, 5.41) is 9.49. The first-order valence-electron chi connectivity index (χ1n) is 6.67. The number of carbonyl (C=O) groups excluding carboxylic acids is 1. The molecule has 1 aromatic rings. The molecule has 0 saturated carbocycles. The molecule has 0 aromatic carbocycles. The highest BCUT2D eigenvalue weighted by molar-refractivity contribution is 5.86. The molecule has 1 N–H and O–H groups in total. The Labute approximate surface area is 113 Å². The maximum atomic E-state index is 11.3. The minimum atomic E-state index is -0.461. The first-order valence-corrected chi connectivity index (χ1v) is 6.67. The van der Waals surface area contributed by atoms with Crippen molar-refractivity contribution in [3.05, 3.63) is 23.7 Å². The number of hydrogen-bond donors (Lipinski definition) is 1. The molecule has 2 atom stereocenters. The van der Waals surface area contributed by atoms with Crippen molar-refractivity contribution >= 4 is 5.97 Å². The van der Waals surface area contributed by atoms with Gasteiger partial charge in [0.1, 0.15) is 5.76 Å². The average molecular weight is 267 g/mol. The second kappa shape index (κ2) is 6.21. The zero-order valence-corrected chi connectivity index (χ0v) is 11.5. The molecule has 0 spiro atoms. The van der Waals surface area contributed by atoms with E-state index in [1.54, 1.807) is 12.1 Å². The van der Waals surface area contributed by atoms with Crippen LogP contribution in [0.15, 0.2) is 16.5 Å². The molecular weight excluding hydrogens is 246 g/mol. The number of methoxy groups -OCH3 is 1. The third-order valence-electron chi connectivity index (χ3n) is 3.82. The number of aliphatic hydroxyl groups is 1. The lowest BCUT2D eigenvalue weighted by Crippen LogP contribution is -2.45. The lowest BCUT2D eigenvalue weighted by molar-refractivity contribution is 0.0409. The van der Waals surface area contributed by atoms with Gasteiger partial charge in [-0.3, -0.25) is 4.90 Å². The van der Waals surface area contributed by atoms with Crippen LogP contribution in [-0.2, 0) is 11.3 Å². The van der Waals surface area contributed by atoms with Gasteiger partial charge in [0.25, 0.3) is 0 Å². The van der Waals surface area contributed by atoms with Crippen LogP contribution in [0, 0.1) is 5.92 Å². The van der Waals surface area contributed by atoms with Gasteiger partial charge in [-0.05, 0) is 37.4 Å². The van der Waals surface area contributed by atoms with E-state index in [4.69, 9.17) is 4.42 Å². The smallest absolute Gasteiger partial charge is 0.373 e. The van der Waals surface area contributed by atoms with Gasteiger partial charge in [-0.2, -0.15) is 0 Å². The van der Waals surface area contributed by atoms with Crippen LogP contribution in [-0.4, -0.2) is 42.3 Å². The minimum absolute atomic E-state index is 0.158. The highest BCUT2D eigenvalue weighted by Gasteiger charge is 2.28. The van der Waals surface area contributed by atoms with Crippen LogP contribution in [0.2, 0.25) is 0 Å². The molecule has 1 aliphatic rings. The maximum absolute atomic E-state index is 11.3. The van der Waals surface area contributed by atoms with Gasteiger partial charge in [-0.1, -0.05) is 6.92 Å². The molecule has 5 nitrogen and oxygen atoms in total. The first kappa shape index (κ1) is 14.1. The molecule has 2 unspecified atom stereocenters. The van der Waals surface area contributed by atoms with E-state index in [1.807, 2.05) is 0 Å². The predicted octanol–water partition coefficient (Wildman–Crippen LogP) is 1.66. The van der Waals surface area contributed by atoms with Crippen LogP contribution in [0.5, 0.6) is 0 Å². The van der Waals surface area contributed by atoms with E-state index in [0.717, 1.165) is 25.1 Å². The van der Waals surface area contributed by atoms with Crippen molar-refractivity contribution in [1.82, 2.24) is 4.90 Å². The summed E-state index contributed by atoms with van der Waals surface area (Å²) >= 11 is 0. The van der Waals surface area contributed by atoms with Crippen molar-refractivity contribution in [3.63, 3.8) is 0 Å². The highest BCUT2D eigenvalue weighted by Crippen LogP contribution is 2.25. The van der Waals surface area contributed by atoms with Gasteiger partial charge >= 0.3 is 5.97 Å². The van der Waals surface area contributed by atoms with Gasteiger partial charge in [0.15, 0.2) is 0 Å². The lowest BCUT2D eigenvalue weighted by atomic mass is 9.91. The quantitative estimate of drug-likeness (QED) is 0.841. The highest BCUT2D eigenvalue weighted by atomic mass is 16.5. The summed E-state index contributed by atoms with van der Waals surface area (Å²) in [5.74, 6) is 0.974. The largest absolute Gasteiger partial charge is 0.463 e. The number of piperidine rings is 1. The van der Waals surface area contributed by atoms with Crippen LogP contribution in [0.3, 0.4) is 0 Å². The van der Waals surface area contributed by atoms with Crippen LogP contribution >= 0.6 is 0 Å². The zero-order chi connectivity index (χ0) is 13.8. The second-order valence-corrected chi connectivity index (χ2v) is 5.10. The fourth-order valence-electron chi connectivity index (χ4n) is 2.70. The Kier molecular flexibility index (Phi) is 4.61. The number of esters is 1. The molecule has 0 radical (unpaired) electrons. The van der Waals surface area contributed by atoms with Gasteiger partial charge < -0.3 is 14.3 Å². The summed E-state index contributed by atoms with van der Waals surface area (Å²) in [6, 6.07) is 3.59. The molecule has 1 saturated heterocycles. The van der Waals surface area contributed by atoms with E-state index in [1.165, 1.54) is 7.11 Å². The van der Waals surface area contributed by atoms with E-state index >= 15 is 0 Å². The molecule has 1 aromatic heterocycles. The van der Waals surface area contributed by atoms with Crippen molar-refractivity contribution in [1.29, 1.82) is 0 Å². The number of aliphatic hydroxyl groups excluding tert-OH is 1. The van der Waals surface area contributed by atoms with E-state index in [9.17, 15) is 9.90 Å². The van der Waals surface area contributed by atoms with E-state index in [0.29, 0.717) is 12.5 Å². The summed E-state index contributed by atoms with van der Waals surface area (Å²) in [6.07, 6.45) is 2.27. The number of nitrogens with zero attached hydrogens (tertiary/aromatic N) is 1. The molecule has 0 amide bonds. The standard InChI is InChI=1S/C14H21NO4/c1-10-4-3-7-15(12(10)9-16)8-11-5-6-13(19-11)14(17)18-2/h5-6,10,12,16H,3-4,7-9H2,1-2H3. The SMILES string of the molecule is COC(=O)c1ccc(CN2CCCC(C)C2CO)o1. The molecule has 19 heavy (non-hydrogen) atoms. The molecule has 1 aliphatic heterocycles. The van der Waals surface area contributed by atoms with Crippen molar-refractivity contribution < 1.29 is 19.1 Å². The van der Waals surface area contributed by atoms with Crippen LogP contribution in [0.4, 0.5) is 0 Å². The Bertz CT molecular complexity index is 429. The number of rotatable bonds is 4. The fourth-order valence-corrected chi connectivity index (χ4v) is 2.70. The summed E-state index contributed by atoms with van der Waals surface area (Å²) in [6.45, 7) is 3.89. The fraction of sp³-hybridized carbons (Fsp3) is 0.643. The Balaban J connectivity index is 2.03. The van der Waals surface area contributed by atoms with Crippen molar-refractivity contribution in [3.8, 4) is 0 Å². The Hall–Kier alpha value is -1.33. The third-order valence-corrected chi connectivity index (χ3v) is 3.82. The van der Waals surface area contributed by atoms with Crippen molar-refractivity contribution in [2.75, 3.05) is 20.3 Å². The number of furan rings is 1. The summed E-state index contributed by atoms with van der Waals surface area (Å²) in [4.78, 5) is 13.5. The molecule has 2 heterocycles. The number of hydrogen-bond acceptors (Lipinski definition) is 5. The Morgan fingerprint density at radius 3 is 3.05 bits per heavy atom. The monoisotopic (exact) mass is 267 g/mol. The van der Waals surface area contributed by atoms with E-state index < -0.39 is 5.97 Å². The van der Waals surface area contributed by atoms with E-state index in [2.05, 4.69) is 16.6 Å². The van der Waals surface area contributed by atoms with Gasteiger partial charge in [-0.25, -0.2) is 4.79 Å².